The Morgan fingerprint density at radius 3 is 2.57 bits per heavy atom. The molecule has 2 N–H and O–H groups in total. The zero-order chi connectivity index (χ0) is 19.9. The molecule has 0 saturated carbocycles. The van der Waals surface area contributed by atoms with Gasteiger partial charge in [0, 0.05) is 31.5 Å². The molecule has 28 heavy (non-hydrogen) atoms. The molecule has 0 aliphatic rings. The molecule has 2 aromatic rings. The summed E-state index contributed by atoms with van der Waals surface area (Å²) in [6, 6.07) is 5.75. The van der Waals surface area contributed by atoms with Gasteiger partial charge in [-0.15, -0.1) is 34.2 Å². The van der Waals surface area contributed by atoms with Crippen molar-refractivity contribution < 1.29 is 0 Å². The fourth-order valence-electron chi connectivity index (χ4n) is 2.66. The smallest absolute Gasteiger partial charge is 0.191 e. The molecule has 0 spiro atoms. The molecular weight excluding hydrogens is 510 g/mol. The van der Waals surface area contributed by atoms with E-state index in [-0.39, 0.29) is 29.4 Å². The highest BCUT2D eigenvalue weighted by Crippen LogP contribution is 2.30. The third-order valence-electron chi connectivity index (χ3n) is 4.33. The first-order chi connectivity index (χ1) is 12.9. The molecule has 9 heteroatoms. The molecule has 1 aromatic heterocycles. The zero-order valence-corrected chi connectivity index (χ0v) is 20.6. The van der Waals surface area contributed by atoms with Crippen LogP contribution in [0, 0.1) is 0 Å². The minimum atomic E-state index is -0.166. The molecular formula is C19H29Cl2IN6. The molecule has 0 saturated heterocycles. The molecule has 1 heterocycles. The molecule has 0 radical (unpaired) electrons. The zero-order valence-electron chi connectivity index (χ0n) is 16.8. The molecule has 0 bridgehead atoms. The summed E-state index contributed by atoms with van der Waals surface area (Å²) in [6.45, 7) is 11.4. The largest absolute Gasteiger partial charge is 0.357 e. The van der Waals surface area contributed by atoms with E-state index in [2.05, 4.69) is 53.1 Å². The van der Waals surface area contributed by atoms with E-state index >= 15 is 0 Å². The highest BCUT2D eigenvalue weighted by Gasteiger charge is 2.21. The molecule has 0 aliphatic heterocycles. The second-order valence-corrected chi connectivity index (χ2v) is 7.74. The Labute approximate surface area is 194 Å². The van der Waals surface area contributed by atoms with Gasteiger partial charge in [-0.25, -0.2) is 0 Å². The fourth-order valence-corrected chi connectivity index (χ4v) is 2.96. The summed E-state index contributed by atoms with van der Waals surface area (Å²) in [5, 5.41) is 15.9. The molecule has 0 unspecified atom stereocenters. The van der Waals surface area contributed by atoms with Gasteiger partial charge >= 0.3 is 0 Å². The Bertz CT molecular complexity index is 776. The number of aliphatic imine (C=N–C) groups is 1. The predicted octanol–water partition coefficient (Wildman–Crippen LogP) is 4.30. The number of aromatic nitrogens is 3. The minimum Gasteiger partial charge on any atom is -0.357 e. The molecule has 0 atom stereocenters. The Morgan fingerprint density at radius 2 is 1.93 bits per heavy atom. The molecule has 2 rings (SSSR count). The molecule has 6 nitrogen and oxygen atoms in total. The van der Waals surface area contributed by atoms with Crippen molar-refractivity contribution in [3.63, 3.8) is 0 Å². The van der Waals surface area contributed by atoms with E-state index in [1.54, 1.807) is 6.33 Å². The van der Waals surface area contributed by atoms with Crippen LogP contribution in [0.15, 0.2) is 29.5 Å². The number of aryl methyl sites for hydroxylation is 1. The van der Waals surface area contributed by atoms with Gasteiger partial charge in [0.15, 0.2) is 5.96 Å². The van der Waals surface area contributed by atoms with E-state index in [0.717, 1.165) is 43.4 Å². The molecule has 0 fully saturated rings. The molecule has 0 amide bonds. The van der Waals surface area contributed by atoms with Gasteiger partial charge in [-0.3, -0.25) is 4.99 Å². The first-order valence-electron chi connectivity index (χ1n) is 9.21. The Morgan fingerprint density at radius 1 is 1.18 bits per heavy atom. The van der Waals surface area contributed by atoms with E-state index < -0.39 is 0 Å². The van der Waals surface area contributed by atoms with Gasteiger partial charge in [-0.2, -0.15) is 0 Å². The highest BCUT2D eigenvalue weighted by atomic mass is 127. The van der Waals surface area contributed by atoms with Gasteiger partial charge < -0.3 is 15.2 Å². The summed E-state index contributed by atoms with van der Waals surface area (Å²) < 4.78 is 2.05. The lowest BCUT2D eigenvalue weighted by atomic mass is 9.85. The third-order valence-corrected chi connectivity index (χ3v) is 5.07. The summed E-state index contributed by atoms with van der Waals surface area (Å²) in [5.41, 5.74) is 0.939. The number of halogens is 3. The van der Waals surface area contributed by atoms with Crippen LogP contribution >= 0.6 is 47.2 Å². The van der Waals surface area contributed by atoms with E-state index in [9.17, 15) is 0 Å². The maximum absolute atomic E-state index is 6.17. The van der Waals surface area contributed by atoms with E-state index in [0.29, 0.717) is 16.6 Å². The van der Waals surface area contributed by atoms with Crippen LogP contribution in [-0.4, -0.2) is 40.4 Å². The summed E-state index contributed by atoms with van der Waals surface area (Å²) in [6.07, 6.45) is 2.63. The van der Waals surface area contributed by atoms with Crippen molar-refractivity contribution >= 4 is 53.1 Å². The summed E-state index contributed by atoms with van der Waals surface area (Å²) in [4.78, 5) is 4.75. The van der Waals surface area contributed by atoms with Crippen LogP contribution in [0.2, 0.25) is 10.0 Å². The fraction of sp³-hybridized carbons (Fsp3) is 0.526. The first kappa shape index (κ1) is 25.0. The first-order valence-corrected chi connectivity index (χ1v) is 9.97. The van der Waals surface area contributed by atoms with Gasteiger partial charge in [-0.05, 0) is 24.6 Å². The van der Waals surface area contributed by atoms with E-state index in [1.807, 2.05) is 18.2 Å². The van der Waals surface area contributed by atoms with Gasteiger partial charge in [0.2, 0.25) is 0 Å². The lowest BCUT2D eigenvalue weighted by molar-refractivity contribution is 0.536. The second kappa shape index (κ2) is 11.8. The lowest BCUT2D eigenvalue weighted by Gasteiger charge is -2.24. The molecule has 156 valence electrons. The van der Waals surface area contributed by atoms with Crippen LogP contribution in [0.3, 0.4) is 0 Å². The van der Waals surface area contributed by atoms with E-state index in [4.69, 9.17) is 28.2 Å². The van der Waals surface area contributed by atoms with Crippen molar-refractivity contribution in [1.29, 1.82) is 0 Å². The number of nitrogens with one attached hydrogen (secondary N) is 2. The number of hydrogen-bond donors (Lipinski definition) is 2. The summed E-state index contributed by atoms with van der Waals surface area (Å²) >= 11 is 12.2. The average Bonchev–Trinajstić information content (AvgIpc) is 3.09. The predicted molar refractivity (Wildman–Crippen MR) is 128 cm³/mol. The number of guanidine groups is 1. The second-order valence-electron chi connectivity index (χ2n) is 6.93. The van der Waals surface area contributed by atoms with Crippen LogP contribution < -0.4 is 10.6 Å². The maximum atomic E-state index is 6.17. The normalized spacial score (nSPS) is 11.9. The Hall–Kier alpha value is -1.06. The van der Waals surface area contributed by atoms with Crippen molar-refractivity contribution in [3.8, 4) is 0 Å². The van der Waals surface area contributed by atoms with Crippen LogP contribution in [0.1, 0.15) is 39.1 Å². The van der Waals surface area contributed by atoms with Gasteiger partial charge in [0.25, 0.3) is 0 Å². The minimum absolute atomic E-state index is 0. The van der Waals surface area contributed by atoms with Crippen LogP contribution in [0.25, 0.3) is 0 Å². The Kier molecular flexibility index (Phi) is 10.5. The number of benzene rings is 1. The van der Waals surface area contributed by atoms with Crippen molar-refractivity contribution in [3.05, 3.63) is 46.0 Å². The number of nitrogens with zero attached hydrogens (tertiary/aromatic N) is 4. The number of rotatable bonds is 8. The molecule has 1 aromatic carbocycles. The van der Waals surface area contributed by atoms with Gasteiger partial charge in [0.1, 0.15) is 12.2 Å². The van der Waals surface area contributed by atoms with Crippen LogP contribution in [0.5, 0.6) is 0 Å². The monoisotopic (exact) mass is 538 g/mol. The topological polar surface area (TPSA) is 67.1 Å². The van der Waals surface area contributed by atoms with Crippen LogP contribution in [-0.2, 0) is 18.4 Å². The standard InChI is InChI=1S/C19H28Cl2N6.HI/c1-5-17-26-25-13-27(17)10-9-23-18(22-6-2)24-12-19(3,4)14-7-8-15(20)16(21)11-14;/h7-8,11,13H,5-6,9-10,12H2,1-4H3,(H2,22,23,24);1H. The highest BCUT2D eigenvalue weighted by molar-refractivity contribution is 14.0. The third kappa shape index (κ3) is 7.08. The lowest BCUT2D eigenvalue weighted by Crippen LogP contribution is -2.40. The van der Waals surface area contributed by atoms with E-state index in [1.165, 1.54) is 0 Å². The van der Waals surface area contributed by atoms with Crippen molar-refractivity contribution in [2.75, 3.05) is 19.6 Å². The summed E-state index contributed by atoms with van der Waals surface area (Å²) in [5.74, 6) is 1.77. The SMILES string of the molecule is CCNC(=NCC(C)(C)c1ccc(Cl)c(Cl)c1)NCCn1cnnc1CC.I. The van der Waals surface area contributed by atoms with Gasteiger partial charge in [0.05, 0.1) is 16.6 Å². The Balaban J connectivity index is 0.00000392. The van der Waals surface area contributed by atoms with Gasteiger partial charge in [-0.1, -0.05) is 50.0 Å². The maximum Gasteiger partial charge on any atom is 0.191 e. The summed E-state index contributed by atoms with van der Waals surface area (Å²) in [7, 11) is 0. The quantitative estimate of drug-likeness (QED) is 0.299. The van der Waals surface area contributed by atoms with Crippen LogP contribution in [0.4, 0.5) is 0 Å². The average molecular weight is 539 g/mol. The number of hydrogen-bond acceptors (Lipinski definition) is 3. The van der Waals surface area contributed by atoms with Crippen molar-refractivity contribution in [2.24, 2.45) is 4.99 Å². The van der Waals surface area contributed by atoms with Crippen molar-refractivity contribution in [1.82, 2.24) is 25.4 Å². The van der Waals surface area contributed by atoms with Crippen molar-refractivity contribution in [2.45, 2.75) is 46.1 Å². The molecule has 0 aliphatic carbocycles.